The van der Waals surface area contributed by atoms with Crippen LogP contribution in [0.25, 0.3) is 0 Å². The summed E-state index contributed by atoms with van der Waals surface area (Å²) in [5.41, 5.74) is 1.05. The molecule has 0 bridgehead atoms. The van der Waals surface area contributed by atoms with Crippen LogP contribution in [0.5, 0.6) is 0 Å². The van der Waals surface area contributed by atoms with Crippen molar-refractivity contribution in [2.75, 3.05) is 33.4 Å². The predicted octanol–water partition coefficient (Wildman–Crippen LogP) is -0.150. The molecular formula is C9H17N3O2. The molecule has 1 aromatic rings. The van der Waals surface area contributed by atoms with Crippen molar-refractivity contribution in [3.8, 4) is 0 Å². The Morgan fingerprint density at radius 1 is 1.57 bits per heavy atom. The number of ether oxygens (including phenoxy) is 1. The average Bonchev–Trinajstić information content (AvgIpc) is 2.67. The van der Waals surface area contributed by atoms with Crippen LogP contribution in [-0.2, 0) is 11.3 Å². The Morgan fingerprint density at radius 3 is 3.00 bits per heavy atom. The molecule has 0 saturated heterocycles. The van der Waals surface area contributed by atoms with Gasteiger partial charge in [0.15, 0.2) is 0 Å². The second kappa shape index (κ2) is 6.53. The van der Waals surface area contributed by atoms with E-state index in [4.69, 9.17) is 9.84 Å². The van der Waals surface area contributed by atoms with Crippen molar-refractivity contribution in [3.05, 3.63) is 18.0 Å². The second-order valence-corrected chi connectivity index (χ2v) is 3.07. The Labute approximate surface area is 83.7 Å². The quantitative estimate of drug-likeness (QED) is 0.641. The van der Waals surface area contributed by atoms with Crippen LogP contribution in [0.1, 0.15) is 5.69 Å². The molecule has 80 valence electrons. The van der Waals surface area contributed by atoms with Gasteiger partial charge >= 0.3 is 0 Å². The fourth-order valence-electron chi connectivity index (χ4n) is 1.25. The molecule has 0 atom stereocenters. The number of aromatic nitrogens is 2. The second-order valence-electron chi connectivity index (χ2n) is 3.07. The van der Waals surface area contributed by atoms with E-state index >= 15 is 0 Å². The topological polar surface area (TPSA) is 61.4 Å². The van der Waals surface area contributed by atoms with Crippen molar-refractivity contribution < 1.29 is 9.84 Å². The smallest absolute Gasteiger partial charge is 0.0589 e. The van der Waals surface area contributed by atoms with Crippen molar-refractivity contribution in [1.29, 1.82) is 0 Å². The zero-order valence-electron chi connectivity index (χ0n) is 8.44. The summed E-state index contributed by atoms with van der Waals surface area (Å²) in [7, 11) is 1.67. The van der Waals surface area contributed by atoms with Crippen LogP contribution in [0.15, 0.2) is 12.3 Å². The minimum absolute atomic E-state index is 0.165. The van der Waals surface area contributed by atoms with E-state index in [0.717, 1.165) is 18.8 Å². The van der Waals surface area contributed by atoms with E-state index in [9.17, 15) is 0 Å². The van der Waals surface area contributed by atoms with Gasteiger partial charge in [-0.2, -0.15) is 5.10 Å². The molecule has 0 fully saturated rings. The highest BCUT2D eigenvalue weighted by molar-refractivity contribution is 4.96. The lowest BCUT2D eigenvalue weighted by Crippen LogP contribution is -2.29. The Balaban J connectivity index is 2.34. The highest BCUT2D eigenvalue weighted by Crippen LogP contribution is 1.99. The van der Waals surface area contributed by atoms with Crippen LogP contribution >= 0.6 is 0 Å². The maximum Gasteiger partial charge on any atom is 0.0589 e. The molecule has 0 radical (unpaired) electrons. The molecule has 0 aliphatic rings. The molecule has 0 aliphatic carbocycles. The summed E-state index contributed by atoms with van der Waals surface area (Å²) in [5, 5.41) is 15.6. The van der Waals surface area contributed by atoms with Crippen LogP contribution in [0.2, 0.25) is 0 Å². The molecule has 0 saturated carbocycles. The molecule has 1 heterocycles. The third-order valence-electron chi connectivity index (χ3n) is 1.98. The van der Waals surface area contributed by atoms with E-state index in [1.807, 2.05) is 6.07 Å². The normalized spacial score (nSPS) is 11.1. The van der Waals surface area contributed by atoms with Gasteiger partial charge in [-0.05, 0) is 6.07 Å². The first-order chi connectivity index (χ1) is 6.86. The van der Waals surface area contributed by atoms with Gasteiger partial charge < -0.3 is 9.84 Å². The van der Waals surface area contributed by atoms with Gasteiger partial charge in [0.1, 0.15) is 0 Å². The number of rotatable bonds is 7. The molecule has 0 aromatic carbocycles. The van der Waals surface area contributed by atoms with E-state index < -0.39 is 0 Å². The number of aliphatic hydroxyl groups is 1. The van der Waals surface area contributed by atoms with Gasteiger partial charge in [-0.25, -0.2) is 0 Å². The minimum Gasteiger partial charge on any atom is -0.395 e. The molecule has 5 nitrogen and oxygen atoms in total. The van der Waals surface area contributed by atoms with Crippen LogP contribution in [0.3, 0.4) is 0 Å². The maximum atomic E-state index is 8.86. The number of H-pyrrole nitrogens is 1. The molecule has 0 aliphatic heterocycles. The molecule has 1 rings (SSSR count). The number of methoxy groups -OCH3 is 1. The monoisotopic (exact) mass is 199 g/mol. The third-order valence-corrected chi connectivity index (χ3v) is 1.98. The Morgan fingerprint density at radius 2 is 2.43 bits per heavy atom. The van der Waals surface area contributed by atoms with E-state index in [2.05, 4.69) is 15.1 Å². The van der Waals surface area contributed by atoms with Crippen molar-refractivity contribution in [2.45, 2.75) is 6.54 Å². The van der Waals surface area contributed by atoms with Crippen LogP contribution in [0, 0.1) is 0 Å². The van der Waals surface area contributed by atoms with Crippen molar-refractivity contribution in [1.82, 2.24) is 15.1 Å². The molecule has 0 unspecified atom stereocenters. The minimum atomic E-state index is 0.165. The first-order valence-electron chi connectivity index (χ1n) is 4.67. The van der Waals surface area contributed by atoms with Crippen molar-refractivity contribution >= 4 is 0 Å². The van der Waals surface area contributed by atoms with Gasteiger partial charge in [0.2, 0.25) is 0 Å². The lowest BCUT2D eigenvalue weighted by Gasteiger charge is -2.19. The van der Waals surface area contributed by atoms with Crippen molar-refractivity contribution in [2.24, 2.45) is 0 Å². The Bertz CT molecular complexity index is 226. The first kappa shape index (κ1) is 11.2. The molecule has 1 aromatic heterocycles. The van der Waals surface area contributed by atoms with E-state index in [1.165, 1.54) is 0 Å². The third kappa shape index (κ3) is 3.87. The summed E-state index contributed by atoms with van der Waals surface area (Å²) in [4.78, 5) is 2.11. The molecule has 14 heavy (non-hydrogen) atoms. The predicted molar refractivity (Wildman–Crippen MR) is 52.8 cm³/mol. The summed E-state index contributed by atoms with van der Waals surface area (Å²) in [6, 6.07) is 1.93. The van der Waals surface area contributed by atoms with Gasteiger partial charge in [-0.3, -0.25) is 10.00 Å². The summed E-state index contributed by atoms with van der Waals surface area (Å²) in [6.45, 7) is 3.08. The van der Waals surface area contributed by atoms with Gasteiger partial charge in [0, 0.05) is 38.6 Å². The fraction of sp³-hybridized carbons (Fsp3) is 0.667. The molecular weight excluding hydrogens is 182 g/mol. The van der Waals surface area contributed by atoms with Gasteiger partial charge in [0.05, 0.1) is 13.2 Å². The Hall–Kier alpha value is -0.910. The SMILES string of the molecule is COCCN(CCO)Cc1ccn[nH]1. The molecule has 0 amide bonds. The van der Waals surface area contributed by atoms with Crippen molar-refractivity contribution in [3.63, 3.8) is 0 Å². The highest BCUT2D eigenvalue weighted by atomic mass is 16.5. The number of aromatic amines is 1. The maximum absolute atomic E-state index is 8.86. The average molecular weight is 199 g/mol. The largest absolute Gasteiger partial charge is 0.395 e. The van der Waals surface area contributed by atoms with E-state index in [1.54, 1.807) is 13.3 Å². The summed E-state index contributed by atoms with van der Waals surface area (Å²) < 4.78 is 4.99. The first-order valence-corrected chi connectivity index (χ1v) is 4.67. The number of hydrogen-bond acceptors (Lipinski definition) is 4. The summed E-state index contributed by atoms with van der Waals surface area (Å²) in [6.07, 6.45) is 1.72. The summed E-state index contributed by atoms with van der Waals surface area (Å²) in [5.74, 6) is 0. The van der Waals surface area contributed by atoms with Gasteiger partial charge in [-0.1, -0.05) is 0 Å². The molecule has 0 spiro atoms. The fourth-order valence-corrected chi connectivity index (χ4v) is 1.25. The zero-order valence-corrected chi connectivity index (χ0v) is 8.44. The van der Waals surface area contributed by atoms with Gasteiger partial charge in [0.25, 0.3) is 0 Å². The number of aliphatic hydroxyl groups excluding tert-OH is 1. The van der Waals surface area contributed by atoms with Gasteiger partial charge in [-0.15, -0.1) is 0 Å². The number of nitrogens with one attached hydrogen (secondary N) is 1. The van der Waals surface area contributed by atoms with Crippen LogP contribution in [0.4, 0.5) is 0 Å². The van der Waals surface area contributed by atoms with E-state index in [-0.39, 0.29) is 6.61 Å². The molecule has 2 N–H and O–H groups in total. The Kier molecular flexibility index (Phi) is 5.21. The summed E-state index contributed by atoms with van der Waals surface area (Å²) >= 11 is 0. The molecule has 5 heteroatoms. The standard InChI is InChI=1S/C9H17N3O2/c1-14-7-5-12(4-6-13)8-9-2-3-10-11-9/h2-3,13H,4-8H2,1H3,(H,10,11). The van der Waals surface area contributed by atoms with Crippen LogP contribution < -0.4 is 0 Å². The lowest BCUT2D eigenvalue weighted by atomic mass is 10.3. The zero-order chi connectivity index (χ0) is 10.2. The highest BCUT2D eigenvalue weighted by Gasteiger charge is 2.05. The lowest BCUT2D eigenvalue weighted by molar-refractivity contribution is 0.126. The van der Waals surface area contributed by atoms with E-state index in [0.29, 0.717) is 13.2 Å². The number of nitrogens with zero attached hydrogens (tertiary/aromatic N) is 2. The number of hydrogen-bond donors (Lipinski definition) is 2. The van der Waals surface area contributed by atoms with Crippen LogP contribution in [-0.4, -0.2) is 53.6 Å².